The van der Waals surface area contributed by atoms with Gasteiger partial charge in [0.2, 0.25) is 0 Å². The van der Waals surface area contributed by atoms with Gasteiger partial charge in [0.05, 0.1) is 12.5 Å². The Morgan fingerprint density at radius 3 is 2.46 bits per heavy atom. The second-order valence-electron chi connectivity index (χ2n) is 7.97. The molecule has 150 valence electrons. The Morgan fingerprint density at radius 2 is 1.82 bits per heavy atom. The van der Waals surface area contributed by atoms with Crippen LogP contribution in [-0.4, -0.2) is 12.4 Å². The van der Waals surface area contributed by atoms with Crippen LogP contribution in [-0.2, 0) is 4.79 Å². The second kappa shape index (κ2) is 7.41. The third-order valence-corrected chi connectivity index (χ3v) is 6.57. The number of benzene rings is 1. The number of carbonyl (C=O) groups is 1. The number of Topliss-reactive ketones (excluding diaryl/α,β-unsaturated/α-hetero) is 1. The molecule has 2 atom stereocenters. The average molecular weight is 390 g/mol. The van der Waals surface area contributed by atoms with E-state index < -0.39 is 23.4 Å². The van der Waals surface area contributed by atoms with Gasteiger partial charge in [-0.2, -0.15) is 0 Å². The summed E-state index contributed by atoms with van der Waals surface area (Å²) in [5.74, 6) is -3.20. The van der Waals surface area contributed by atoms with Crippen molar-refractivity contribution in [3.05, 3.63) is 52.4 Å². The molecule has 2 nitrogen and oxygen atoms in total. The first-order valence-electron chi connectivity index (χ1n) is 10.2. The molecule has 0 bridgehead atoms. The summed E-state index contributed by atoms with van der Waals surface area (Å²) in [4.78, 5) is 11.9. The van der Waals surface area contributed by atoms with Crippen molar-refractivity contribution in [1.29, 1.82) is 0 Å². The number of fused-ring (bicyclic) bond motifs is 4. The van der Waals surface area contributed by atoms with Crippen molar-refractivity contribution in [2.75, 3.05) is 6.61 Å². The maximum absolute atomic E-state index is 14.9. The maximum Gasteiger partial charge on any atom is 0.169 e. The van der Waals surface area contributed by atoms with Gasteiger partial charge in [0.25, 0.3) is 0 Å². The van der Waals surface area contributed by atoms with Gasteiger partial charge >= 0.3 is 0 Å². The molecular weight excluding hydrogens is 365 g/mol. The van der Waals surface area contributed by atoms with Crippen LogP contribution in [0.1, 0.15) is 68.9 Å². The minimum atomic E-state index is -0.892. The van der Waals surface area contributed by atoms with Crippen LogP contribution in [0.15, 0.2) is 35.4 Å². The minimum Gasteiger partial charge on any atom is -0.491 e. The van der Waals surface area contributed by atoms with Crippen molar-refractivity contribution >= 4 is 5.78 Å². The first-order valence-corrected chi connectivity index (χ1v) is 10.2. The second-order valence-corrected chi connectivity index (χ2v) is 7.97. The number of halogens is 3. The van der Waals surface area contributed by atoms with Gasteiger partial charge in [-0.15, -0.1) is 0 Å². The molecule has 1 aromatic carbocycles. The molecule has 5 heteroatoms. The van der Waals surface area contributed by atoms with Crippen molar-refractivity contribution in [3.63, 3.8) is 0 Å². The molecule has 0 aliphatic heterocycles. The molecule has 2 unspecified atom stereocenters. The van der Waals surface area contributed by atoms with Crippen molar-refractivity contribution in [2.45, 2.75) is 57.8 Å². The van der Waals surface area contributed by atoms with Gasteiger partial charge in [-0.1, -0.05) is 19.1 Å². The van der Waals surface area contributed by atoms with Crippen molar-refractivity contribution < 1.29 is 22.7 Å². The number of rotatable bonds is 5. The number of hydrogen-bond acceptors (Lipinski definition) is 2. The van der Waals surface area contributed by atoms with Gasteiger partial charge in [0, 0.05) is 23.8 Å². The highest BCUT2D eigenvalue weighted by Gasteiger charge is 2.48. The van der Waals surface area contributed by atoms with Gasteiger partial charge in [-0.25, -0.2) is 13.2 Å². The summed E-state index contributed by atoms with van der Waals surface area (Å²) < 4.78 is 49.8. The summed E-state index contributed by atoms with van der Waals surface area (Å²) in [6, 6.07) is 3.32. The Balaban J connectivity index is 1.60. The molecule has 0 aromatic heterocycles. The Bertz CT molecular complexity index is 863. The Kier molecular flexibility index (Phi) is 5.11. The van der Waals surface area contributed by atoms with E-state index in [9.17, 15) is 18.0 Å². The van der Waals surface area contributed by atoms with E-state index in [1.807, 2.05) is 6.92 Å². The summed E-state index contributed by atoms with van der Waals surface area (Å²) in [6.07, 6.45) is 5.13. The van der Waals surface area contributed by atoms with Gasteiger partial charge in [-0.3, -0.25) is 4.79 Å². The van der Waals surface area contributed by atoms with E-state index in [-0.39, 0.29) is 34.8 Å². The van der Waals surface area contributed by atoms with Gasteiger partial charge in [0.15, 0.2) is 17.4 Å². The molecule has 0 spiro atoms. The van der Waals surface area contributed by atoms with Crippen molar-refractivity contribution in [1.82, 2.24) is 0 Å². The molecule has 1 aromatic rings. The Hall–Kier alpha value is -2.04. The molecule has 1 fully saturated rings. The molecule has 0 heterocycles. The smallest absolute Gasteiger partial charge is 0.169 e. The van der Waals surface area contributed by atoms with Crippen LogP contribution in [0.2, 0.25) is 0 Å². The first-order chi connectivity index (χ1) is 13.5. The van der Waals surface area contributed by atoms with E-state index in [0.29, 0.717) is 37.0 Å². The maximum atomic E-state index is 14.9. The zero-order valence-corrected chi connectivity index (χ0v) is 16.2. The summed E-state index contributed by atoms with van der Waals surface area (Å²) in [7, 11) is 0. The summed E-state index contributed by atoms with van der Waals surface area (Å²) in [6.45, 7) is 3.92. The minimum absolute atomic E-state index is 0.0468. The van der Waals surface area contributed by atoms with E-state index in [0.717, 1.165) is 12.8 Å². The van der Waals surface area contributed by atoms with Crippen LogP contribution in [0.5, 0.6) is 5.75 Å². The van der Waals surface area contributed by atoms with E-state index in [4.69, 9.17) is 4.74 Å². The zero-order chi connectivity index (χ0) is 20.0. The predicted octanol–water partition coefficient (Wildman–Crippen LogP) is 6.28. The van der Waals surface area contributed by atoms with E-state index >= 15 is 0 Å². The van der Waals surface area contributed by atoms with Crippen molar-refractivity contribution in [2.24, 2.45) is 11.8 Å². The largest absolute Gasteiger partial charge is 0.491 e. The van der Waals surface area contributed by atoms with Crippen LogP contribution < -0.4 is 4.74 Å². The summed E-state index contributed by atoms with van der Waals surface area (Å²) in [5.41, 5.74) is 1.33. The molecule has 0 radical (unpaired) electrons. The molecule has 28 heavy (non-hydrogen) atoms. The SMILES string of the molecule is CCOc1ccc2c(c1F)C1C(F)=C(F)C(C3CCC(C(=O)CC)CC3)=CC21. The molecule has 4 rings (SSSR count). The standard InChI is InChI=1S/C23H25F3O2/c1-3-17(27)13-7-5-12(6-8-13)15-11-16-14-9-10-18(28-4-2)22(25)19(14)20(16)23(26)21(15)24/h9-13,16,20H,3-8H2,1-2H3. The fraction of sp³-hybridized carbons (Fsp3) is 0.522. The molecular formula is C23H25F3O2. The fourth-order valence-electron chi connectivity index (χ4n) is 5.07. The third kappa shape index (κ3) is 2.90. The number of ether oxygens (including phenoxy) is 1. The predicted molar refractivity (Wildman–Crippen MR) is 101 cm³/mol. The number of hydrogen-bond donors (Lipinski definition) is 0. The fourth-order valence-corrected chi connectivity index (χ4v) is 5.07. The summed E-state index contributed by atoms with van der Waals surface area (Å²) in [5, 5.41) is 0. The quantitative estimate of drug-likeness (QED) is 0.591. The highest BCUT2D eigenvalue weighted by atomic mass is 19.2. The molecule has 0 saturated heterocycles. The highest BCUT2D eigenvalue weighted by molar-refractivity contribution is 5.80. The van der Waals surface area contributed by atoms with Crippen molar-refractivity contribution in [3.8, 4) is 5.75 Å². The number of ketones is 1. The monoisotopic (exact) mass is 390 g/mol. The lowest BCUT2D eigenvalue weighted by atomic mass is 9.62. The number of carbonyl (C=O) groups excluding carboxylic acids is 1. The molecule has 3 aliphatic carbocycles. The average Bonchev–Trinajstić information content (AvgIpc) is 2.69. The first kappa shape index (κ1) is 19.3. The lowest BCUT2D eigenvalue weighted by molar-refractivity contribution is -0.123. The topological polar surface area (TPSA) is 26.3 Å². The van der Waals surface area contributed by atoms with Gasteiger partial charge in [0.1, 0.15) is 11.6 Å². The van der Waals surface area contributed by atoms with Gasteiger partial charge in [-0.05, 0) is 55.7 Å². The van der Waals surface area contributed by atoms with Crippen LogP contribution in [0.4, 0.5) is 13.2 Å². The molecule has 0 N–H and O–H groups in total. The van der Waals surface area contributed by atoms with Gasteiger partial charge < -0.3 is 4.74 Å². The van der Waals surface area contributed by atoms with Crippen LogP contribution in [0.3, 0.4) is 0 Å². The molecule has 0 amide bonds. The lowest BCUT2D eigenvalue weighted by Gasteiger charge is -2.42. The van der Waals surface area contributed by atoms with E-state index in [2.05, 4.69) is 0 Å². The Morgan fingerprint density at radius 1 is 1.11 bits per heavy atom. The van der Waals surface area contributed by atoms with Crippen LogP contribution in [0.25, 0.3) is 0 Å². The molecule has 3 aliphatic rings. The zero-order valence-electron chi connectivity index (χ0n) is 16.2. The highest BCUT2D eigenvalue weighted by Crippen LogP contribution is 2.59. The van der Waals surface area contributed by atoms with Crippen LogP contribution >= 0.6 is 0 Å². The van der Waals surface area contributed by atoms with Crippen LogP contribution in [0, 0.1) is 17.7 Å². The lowest BCUT2D eigenvalue weighted by Crippen LogP contribution is -2.31. The van der Waals surface area contributed by atoms with E-state index in [1.54, 1.807) is 25.1 Å². The molecule has 1 saturated carbocycles. The van der Waals surface area contributed by atoms with E-state index in [1.165, 1.54) is 0 Å². The third-order valence-electron chi connectivity index (χ3n) is 6.57. The number of allylic oxidation sites excluding steroid dienone is 4. The Labute approximate surface area is 163 Å². The normalized spacial score (nSPS) is 28.8. The summed E-state index contributed by atoms with van der Waals surface area (Å²) >= 11 is 0.